The normalized spacial score (nSPS) is 19.4. The Kier molecular flexibility index (Phi) is 7.43. The first-order chi connectivity index (χ1) is 10.7. The third-order valence-electron chi connectivity index (χ3n) is 4.67. The van der Waals surface area contributed by atoms with Crippen LogP contribution < -0.4 is 5.32 Å². The minimum absolute atomic E-state index is 0. The van der Waals surface area contributed by atoms with Crippen molar-refractivity contribution in [3.05, 3.63) is 34.9 Å². The molecule has 1 saturated heterocycles. The van der Waals surface area contributed by atoms with E-state index in [0.717, 1.165) is 56.2 Å². The molecular weight excluding hydrogens is 423 g/mol. The van der Waals surface area contributed by atoms with Gasteiger partial charge < -0.3 is 10.2 Å². The molecule has 0 spiro atoms. The van der Waals surface area contributed by atoms with Gasteiger partial charge in [-0.1, -0.05) is 29.8 Å². The molecule has 0 amide bonds. The average Bonchev–Trinajstić information content (AvgIpc) is 2.94. The molecule has 2 heterocycles. The first kappa shape index (κ1) is 18.8. The van der Waals surface area contributed by atoms with Gasteiger partial charge in [-0.25, -0.2) is 0 Å². The summed E-state index contributed by atoms with van der Waals surface area (Å²) in [6.45, 7) is 6.28. The van der Waals surface area contributed by atoms with Gasteiger partial charge in [-0.2, -0.15) is 0 Å². The van der Waals surface area contributed by atoms with Crippen LogP contribution in [-0.4, -0.2) is 55.5 Å². The summed E-state index contributed by atoms with van der Waals surface area (Å²) >= 11 is 6.25. The summed E-state index contributed by atoms with van der Waals surface area (Å²) in [5.74, 6) is 1.82. The van der Waals surface area contributed by atoms with Crippen molar-refractivity contribution in [3.63, 3.8) is 0 Å². The van der Waals surface area contributed by atoms with E-state index in [0.29, 0.717) is 0 Å². The molecule has 128 valence electrons. The number of guanidine groups is 1. The summed E-state index contributed by atoms with van der Waals surface area (Å²) in [6.07, 6.45) is 2.49. The van der Waals surface area contributed by atoms with Crippen molar-refractivity contribution < 1.29 is 0 Å². The lowest BCUT2D eigenvalue weighted by Crippen LogP contribution is -2.41. The minimum atomic E-state index is 0. The number of likely N-dealkylation sites (N-methyl/N-ethyl adjacent to an activating group) is 1. The molecule has 0 bridgehead atoms. The quantitative estimate of drug-likeness (QED) is 0.718. The van der Waals surface area contributed by atoms with E-state index in [-0.39, 0.29) is 24.0 Å². The Morgan fingerprint density at radius 1 is 1.22 bits per heavy atom. The fourth-order valence-corrected chi connectivity index (χ4v) is 3.37. The molecule has 3 rings (SSSR count). The topological polar surface area (TPSA) is 30.9 Å². The van der Waals surface area contributed by atoms with Crippen LogP contribution in [0.25, 0.3) is 0 Å². The maximum Gasteiger partial charge on any atom is 0.193 e. The van der Waals surface area contributed by atoms with E-state index >= 15 is 0 Å². The van der Waals surface area contributed by atoms with Gasteiger partial charge in [0.05, 0.1) is 6.54 Å². The zero-order valence-corrected chi connectivity index (χ0v) is 16.8. The van der Waals surface area contributed by atoms with Crippen molar-refractivity contribution in [1.29, 1.82) is 0 Å². The maximum atomic E-state index is 6.25. The molecule has 1 fully saturated rings. The van der Waals surface area contributed by atoms with Gasteiger partial charge in [0, 0.05) is 31.7 Å². The lowest BCUT2D eigenvalue weighted by molar-refractivity contribution is 0.178. The Bertz CT molecular complexity index is 529. The van der Waals surface area contributed by atoms with Gasteiger partial charge in [0.25, 0.3) is 0 Å². The molecule has 6 heteroatoms. The van der Waals surface area contributed by atoms with Gasteiger partial charge in [0.15, 0.2) is 5.96 Å². The number of hydrogen-bond acceptors (Lipinski definition) is 4. The van der Waals surface area contributed by atoms with Crippen LogP contribution >= 0.6 is 35.6 Å². The van der Waals surface area contributed by atoms with Crippen molar-refractivity contribution >= 4 is 41.5 Å². The summed E-state index contributed by atoms with van der Waals surface area (Å²) in [7, 11) is 2.10. The second-order valence-electron chi connectivity index (χ2n) is 6.32. The first-order valence-electron chi connectivity index (χ1n) is 8.17. The van der Waals surface area contributed by atoms with E-state index in [2.05, 4.69) is 39.3 Å². The summed E-state index contributed by atoms with van der Waals surface area (Å²) in [4.78, 5) is 9.20. The maximum absolute atomic E-state index is 6.25. The van der Waals surface area contributed by atoms with Crippen molar-refractivity contribution in [2.75, 3.05) is 39.8 Å². The molecule has 0 aromatic heterocycles. The Morgan fingerprint density at radius 2 is 1.96 bits per heavy atom. The molecule has 1 N–H and O–H groups in total. The van der Waals surface area contributed by atoms with Crippen LogP contribution in [0.3, 0.4) is 0 Å². The predicted molar refractivity (Wildman–Crippen MR) is 108 cm³/mol. The van der Waals surface area contributed by atoms with Gasteiger partial charge in [0.2, 0.25) is 0 Å². The lowest BCUT2D eigenvalue weighted by atomic mass is 9.96. The number of rotatable bonds is 4. The molecule has 0 unspecified atom stereocenters. The molecule has 0 atom stereocenters. The molecule has 23 heavy (non-hydrogen) atoms. The summed E-state index contributed by atoms with van der Waals surface area (Å²) in [5, 5.41) is 4.39. The number of likely N-dealkylation sites (tertiary alicyclic amines) is 1. The third kappa shape index (κ3) is 5.22. The molecule has 2 aliphatic heterocycles. The third-order valence-corrected chi connectivity index (χ3v) is 5.04. The predicted octanol–water partition coefficient (Wildman–Crippen LogP) is 3.06. The largest absolute Gasteiger partial charge is 0.356 e. The van der Waals surface area contributed by atoms with Gasteiger partial charge in [0.1, 0.15) is 0 Å². The van der Waals surface area contributed by atoms with Gasteiger partial charge in [-0.3, -0.25) is 9.89 Å². The molecule has 0 aliphatic carbocycles. The van der Waals surface area contributed by atoms with Crippen LogP contribution in [0.1, 0.15) is 18.4 Å². The number of halogens is 2. The highest BCUT2D eigenvalue weighted by Gasteiger charge is 2.21. The fourth-order valence-electron chi connectivity index (χ4n) is 3.18. The first-order valence-corrected chi connectivity index (χ1v) is 8.55. The molecule has 1 aromatic rings. The SMILES string of the molecule is CN1CCN=C1NCC1CCN(Cc2ccccc2Cl)CC1.I. The number of benzene rings is 1. The van der Waals surface area contributed by atoms with Crippen LogP contribution in [0, 0.1) is 5.92 Å². The van der Waals surface area contributed by atoms with E-state index in [1.54, 1.807) is 0 Å². The van der Waals surface area contributed by atoms with Crippen molar-refractivity contribution in [3.8, 4) is 0 Å². The second-order valence-corrected chi connectivity index (χ2v) is 6.73. The smallest absolute Gasteiger partial charge is 0.193 e. The Morgan fingerprint density at radius 3 is 2.61 bits per heavy atom. The summed E-state index contributed by atoms with van der Waals surface area (Å²) in [5.41, 5.74) is 1.24. The summed E-state index contributed by atoms with van der Waals surface area (Å²) in [6, 6.07) is 8.17. The average molecular weight is 449 g/mol. The zero-order chi connectivity index (χ0) is 15.4. The Balaban J connectivity index is 0.00000192. The van der Waals surface area contributed by atoms with Gasteiger partial charge in [-0.05, 0) is 43.5 Å². The van der Waals surface area contributed by atoms with Crippen LogP contribution in [-0.2, 0) is 6.54 Å². The number of nitrogens with one attached hydrogen (secondary N) is 1. The van der Waals surface area contributed by atoms with E-state index < -0.39 is 0 Å². The van der Waals surface area contributed by atoms with Crippen LogP contribution in [0.4, 0.5) is 0 Å². The molecule has 2 aliphatic rings. The van der Waals surface area contributed by atoms with E-state index in [4.69, 9.17) is 11.6 Å². The fraction of sp³-hybridized carbons (Fsp3) is 0.588. The van der Waals surface area contributed by atoms with E-state index in [9.17, 15) is 0 Å². The monoisotopic (exact) mass is 448 g/mol. The van der Waals surface area contributed by atoms with Crippen molar-refractivity contribution in [2.24, 2.45) is 10.9 Å². The number of aliphatic imine (C=N–C) groups is 1. The molecule has 0 radical (unpaired) electrons. The number of nitrogens with zero attached hydrogens (tertiary/aromatic N) is 3. The Labute approximate surface area is 161 Å². The highest BCUT2D eigenvalue weighted by molar-refractivity contribution is 14.0. The highest BCUT2D eigenvalue weighted by atomic mass is 127. The minimum Gasteiger partial charge on any atom is -0.356 e. The van der Waals surface area contributed by atoms with Crippen LogP contribution in [0.2, 0.25) is 5.02 Å². The molecule has 4 nitrogen and oxygen atoms in total. The van der Waals surface area contributed by atoms with Crippen LogP contribution in [0.5, 0.6) is 0 Å². The Hall–Kier alpha value is -0.530. The van der Waals surface area contributed by atoms with Crippen molar-refractivity contribution in [1.82, 2.24) is 15.1 Å². The van der Waals surface area contributed by atoms with Gasteiger partial charge in [-0.15, -0.1) is 24.0 Å². The highest BCUT2D eigenvalue weighted by Crippen LogP contribution is 2.22. The van der Waals surface area contributed by atoms with Gasteiger partial charge >= 0.3 is 0 Å². The van der Waals surface area contributed by atoms with Crippen molar-refractivity contribution in [2.45, 2.75) is 19.4 Å². The summed E-state index contributed by atoms with van der Waals surface area (Å²) < 4.78 is 0. The molecule has 0 saturated carbocycles. The van der Waals surface area contributed by atoms with E-state index in [1.165, 1.54) is 18.4 Å². The zero-order valence-electron chi connectivity index (χ0n) is 13.7. The standard InChI is InChI=1S/C17H25ClN4.HI/c1-21-11-8-19-17(21)20-12-14-6-9-22(10-7-14)13-15-4-2-3-5-16(15)18;/h2-5,14H,6-13H2,1H3,(H,19,20);1H. The van der Waals surface area contributed by atoms with E-state index in [1.807, 2.05) is 12.1 Å². The number of piperidine rings is 1. The number of hydrogen-bond donors (Lipinski definition) is 1. The molecule has 1 aromatic carbocycles. The molecular formula is C17H26ClIN4. The second kappa shape index (κ2) is 9.08. The lowest BCUT2D eigenvalue weighted by Gasteiger charge is -2.32. The van der Waals surface area contributed by atoms with Crippen LogP contribution in [0.15, 0.2) is 29.3 Å².